The molecule has 5 nitrogen and oxygen atoms in total. The van der Waals surface area contributed by atoms with Crippen LogP contribution in [0.5, 0.6) is 0 Å². The molecule has 0 atom stereocenters. The van der Waals surface area contributed by atoms with Gasteiger partial charge in [-0.05, 0) is 23.6 Å². The van der Waals surface area contributed by atoms with Crippen LogP contribution in [0.2, 0.25) is 0 Å². The number of nitro groups is 1. The van der Waals surface area contributed by atoms with Gasteiger partial charge in [0.1, 0.15) is 11.1 Å². The maximum absolute atomic E-state index is 11.1. The second kappa shape index (κ2) is 6.52. The summed E-state index contributed by atoms with van der Waals surface area (Å²) < 4.78 is 0. The first-order valence-corrected chi connectivity index (χ1v) is 8.30. The fraction of sp³-hybridized carbons (Fsp3) is 0. The number of allylic oxidation sites excluding steroid dienone is 1. The third-order valence-electron chi connectivity index (χ3n) is 3.06. The third kappa shape index (κ3) is 3.18. The smallest absolute Gasteiger partial charge is 0.258 e. The van der Waals surface area contributed by atoms with E-state index in [1.807, 2.05) is 22.9 Å². The molecule has 0 saturated heterocycles. The number of nitrogens with zero attached hydrogens (tertiary/aromatic N) is 3. The highest BCUT2D eigenvalue weighted by Crippen LogP contribution is 2.30. The molecule has 0 radical (unpaired) electrons. The molecule has 0 saturated carbocycles. The van der Waals surface area contributed by atoms with Gasteiger partial charge in [-0.3, -0.25) is 10.1 Å². The van der Waals surface area contributed by atoms with Crippen LogP contribution in [-0.2, 0) is 0 Å². The molecule has 0 spiro atoms. The van der Waals surface area contributed by atoms with E-state index >= 15 is 0 Å². The Morgan fingerprint density at radius 1 is 1.26 bits per heavy atom. The highest BCUT2D eigenvalue weighted by molar-refractivity contribution is 7.14. The summed E-state index contributed by atoms with van der Waals surface area (Å²) >= 11 is 2.92. The predicted octanol–water partition coefficient (Wildman–Crippen LogP) is 4.84. The summed E-state index contributed by atoms with van der Waals surface area (Å²) in [5.74, 6) is 0. The first-order chi connectivity index (χ1) is 11.2. The molecular weight excluding hydrogens is 330 g/mol. The summed E-state index contributed by atoms with van der Waals surface area (Å²) in [4.78, 5) is 16.1. The zero-order valence-electron chi connectivity index (χ0n) is 11.7. The molecule has 2 aromatic heterocycles. The molecular formula is C16H9N3O2S2. The molecule has 0 amide bonds. The number of rotatable bonds is 4. The SMILES string of the molecule is N#CC(=Cc1ccccc1[N+](=O)[O-])c1nc(-c2cccs2)cs1. The average Bonchev–Trinajstić information content (AvgIpc) is 3.23. The lowest BCUT2D eigenvalue weighted by Crippen LogP contribution is -1.91. The maximum Gasteiger partial charge on any atom is 0.276 e. The molecule has 1 aromatic carbocycles. The van der Waals surface area contributed by atoms with Crippen molar-refractivity contribution in [3.05, 3.63) is 67.8 Å². The molecule has 7 heteroatoms. The number of thiophene rings is 1. The highest BCUT2D eigenvalue weighted by atomic mass is 32.1. The summed E-state index contributed by atoms with van der Waals surface area (Å²) in [5.41, 5.74) is 1.48. The topological polar surface area (TPSA) is 79.8 Å². The molecule has 3 rings (SSSR count). The van der Waals surface area contributed by atoms with E-state index in [0.29, 0.717) is 16.1 Å². The van der Waals surface area contributed by atoms with E-state index < -0.39 is 4.92 Å². The van der Waals surface area contributed by atoms with Crippen LogP contribution in [0.4, 0.5) is 5.69 Å². The Morgan fingerprint density at radius 2 is 2.09 bits per heavy atom. The molecule has 0 aliphatic rings. The minimum Gasteiger partial charge on any atom is -0.258 e. The van der Waals surface area contributed by atoms with E-state index in [2.05, 4.69) is 11.1 Å². The summed E-state index contributed by atoms with van der Waals surface area (Å²) in [5, 5.41) is 24.9. The molecule has 0 fully saturated rings. The van der Waals surface area contributed by atoms with Gasteiger partial charge < -0.3 is 0 Å². The van der Waals surface area contributed by atoms with Crippen molar-refractivity contribution in [1.82, 2.24) is 4.98 Å². The summed E-state index contributed by atoms with van der Waals surface area (Å²) in [6.07, 6.45) is 1.51. The minimum atomic E-state index is -0.459. The monoisotopic (exact) mass is 339 g/mol. The van der Waals surface area contributed by atoms with Gasteiger partial charge in [0, 0.05) is 11.4 Å². The number of nitro benzene ring substituents is 1. The second-order valence-electron chi connectivity index (χ2n) is 4.50. The van der Waals surface area contributed by atoms with Crippen molar-refractivity contribution in [1.29, 1.82) is 5.26 Å². The normalized spacial score (nSPS) is 11.2. The van der Waals surface area contributed by atoms with Crippen LogP contribution in [0, 0.1) is 21.4 Å². The number of hydrogen-bond donors (Lipinski definition) is 0. The molecule has 0 N–H and O–H groups in total. The van der Waals surface area contributed by atoms with Crippen molar-refractivity contribution >= 4 is 40.0 Å². The number of hydrogen-bond acceptors (Lipinski definition) is 6. The van der Waals surface area contributed by atoms with Gasteiger partial charge in [-0.15, -0.1) is 22.7 Å². The Morgan fingerprint density at radius 3 is 2.78 bits per heavy atom. The lowest BCUT2D eigenvalue weighted by molar-refractivity contribution is -0.385. The minimum absolute atomic E-state index is 0.0321. The first-order valence-electron chi connectivity index (χ1n) is 6.54. The first kappa shape index (κ1) is 15.1. The Hall–Kier alpha value is -2.82. The van der Waals surface area contributed by atoms with Crippen LogP contribution in [0.1, 0.15) is 10.6 Å². The van der Waals surface area contributed by atoms with Gasteiger partial charge >= 0.3 is 0 Å². The van der Waals surface area contributed by atoms with E-state index in [4.69, 9.17) is 0 Å². The average molecular weight is 339 g/mol. The fourth-order valence-corrected chi connectivity index (χ4v) is 3.55. The molecule has 2 heterocycles. The molecule has 3 aromatic rings. The molecule has 0 aliphatic heterocycles. The summed E-state index contributed by atoms with van der Waals surface area (Å²) in [6, 6.07) is 12.3. The van der Waals surface area contributed by atoms with Crippen LogP contribution in [0.25, 0.3) is 22.2 Å². The molecule has 0 unspecified atom stereocenters. The van der Waals surface area contributed by atoms with Gasteiger partial charge in [-0.1, -0.05) is 18.2 Å². The van der Waals surface area contributed by atoms with E-state index in [0.717, 1.165) is 10.6 Å². The van der Waals surface area contributed by atoms with Gasteiger partial charge in [-0.2, -0.15) is 5.26 Å². The lowest BCUT2D eigenvalue weighted by Gasteiger charge is -1.98. The van der Waals surface area contributed by atoms with E-state index in [1.165, 1.54) is 23.5 Å². The fourth-order valence-electron chi connectivity index (χ4n) is 2.01. The molecule has 0 bridgehead atoms. The van der Waals surface area contributed by atoms with Gasteiger partial charge in [-0.25, -0.2) is 4.98 Å². The lowest BCUT2D eigenvalue weighted by atomic mass is 10.1. The van der Waals surface area contributed by atoms with Crippen molar-refractivity contribution < 1.29 is 4.92 Å². The second-order valence-corrected chi connectivity index (χ2v) is 6.31. The van der Waals surface area contributed by atoms with Crippen molar-refractivity contribution in [3.8, 4) is 16.6 Å². The van der Waals surface area contributed by atoms with E-state index in [9.17, 15) is 15.4 Å². The number of thiazole rings is 1. The van der Waals surface area contributed by atoms with Gasteiger partial charge in [0.05, 0.1) is 26.6 Å². The quantitative estimate of drug-likeness (QED) is 0.387. The Bertz CT molecular complexity index is 921. The number of benzene rings is 1. The molecule has 112 valence electrons. The van der Waals surface area contributed by atoms with Crippen molar-refractivity contribution in [2.45, 2.75) is 0 Å². The summed E-state index contributed by atoms with van der Waals surface area (Å²) in [7, 11) is 0. The standard InChI is InChI=1S/C16H9N3O2S2/c17-9-12(8-11-4-1-2-5-14(11)19(20)21)16-18-13(10-23-16)15-6-3-7-22-15/h1-8,10H. The van der Waals surface area contributed by atoms with E-state index in [1.54, 1.807) is 29.5 Å². The summed E-state index contributed by atoms with van der Waals surface area (Å²) in [6.45, 7) is 0. The van der Waals surface area contributed by atoms with Crippen LogP contribution in [0.15, 0.2) is 47.2 Å². The van der Waals surface area contributed by atoms with Crippen LogP contribution >= 0.6 is 22.7 Å². The highest BCUT2D eigenvalue weighted by Gasteiger charge is 2.14. The zero-order chi connectivity index (χ0) is 16.2. The number of aromatic nitrogens is 1. The Labute approximate surface area is 139 Å². The molecule has 23 heavy (non-hydrogen) atoms. The largest absolute Gasteiger partial charge is 0.276 e. The Kier molecular flexibility index (Phi) is 4.28. The molecule has 0 aliphatic carbocycles. The Balaban J connectivity index is 2.01. The van der Waals surface area contributed by atoms with Crippen LogP contribution < -0.4 is 0 Å². The van der Waals surface area contributed by atoms with Crippen molar-refractivity contribution in [2.24, 2.45) is 0 Å². The zero-order valence-corrected chi connectivity index (χ0v) is 13.3. The van der Waals surface area contributed by atoms with Gasteiger partial charge in [0.2, 0.25) is 0 Å². The van der Waals surface area contributed by atoms with Crippen LogP contribution in [0.3, 0.4) is 0 Å². The predicted molar refractivity (Wildman–Crippen MR) is 92.0 cm³/mol. The van der Waals surface area contributed by atoms with Crippen molar-refractivity contribution in [3.63, 3.8) is 0 Å². The van der Waals surface area contributed by atoms with Gasteiger partial charge in [0.25, 0.3) is 5.69 Å². The number of nitriles is 1. The van der Waals surface area contributed by atoms with Gasteiger partial charge in [0.15, 0.2) is 0 Å². The maximum atomic E-state index is 11.1. The third-order valence-corrected chi connectivity index (χ3v) is 4.83. The van der Waals surface area contributed by atoms with E-state index in [-0.39, 0.29) is 5.69 Å². The van der Waals surface area contributed by atoms with Crippen LogP contribution in [-0.4, -0.2) is 9.91 Å². The van der Waals surface area contributed by atoms with Crippen molar-refractivity contribution in [2.75, 3.05) is 0 Å². The number of para-hydroxylation sites is 1.